The van der Waals surface area contributed by atoms with Crippen LogP contribution in [0.5, 0.6) is 5.75 Å². The van der Waals surface area contributed by atoms with Gasteiger partial charge >= 0.3 is 5.97 Å². The van der Waals surface area contributed by atoms with Gasteiger partial charge in [0.2, 0.25) is 5.76 Å². The van der Waals surface area contributed by atoms with Crippen LogP contribution < -0.4 is 4.74 Å². The normalized spacial score (nSPS) is 13.7. The lowest BCUT2D eigenvalue weighted by atomic mass is 9.96. The van der Waals surface area contributed by atoms with E-state index in [0.29, 0.717) is 27.6 Å². The molecule has 0 spiro atoms. The summed E-state index contributed by atoms with van der Waals surface area (Å²) in [5.74, 6) is -0.0156. The number of amides is 1. The Morgan fingerprint density at radius 1 is 1.08 bits per heavy atom. The minimum absolute atomic E-state index is 0.0826. The molecule has 26 heavy (non-hydrogen) atoms. The van der Waals surface area contributed by atoms with Crippen molar-refractivity contribution in [2.24, 2.45) is 0 Å². The monoisotopic (exact) mass is 371 g/mol. The van der Waals surface area contributed by atoms with E-state index in [1.165, 1.54) is 7.11 Å². The van der Waals surface area contributed by atoms with Crippen molar-refractivity contribution in [2.45, 2.75) is 19.9 Å². The van der Waals surface area contributed by atoms with Crippen molar-refractivity contribution in [1.29, 1.82) is 0 Å². The van der Waals surface area contributed by atoms with E-state index in [2.05, 4.69) is 0 Å². The van der Waals surface area contributed by atoms with Gasteiger partial charge in [-0.3, -0.25) is 9.69 Å². The number of carbonyl (C=O) groups is 2. The average Bonchev–Trinajstić information content (AvgIpc) is 2.64. The summed E-state index contributed by atoms with van der Waals surface area (Å²) in [6.07, 6.45) is 0. The highest BCUT2D eigenvalue weighted by Crippen LogP contribution is 2.38. The van der Waals surface area contributed by atoms with Crippen molar-refractivity contribution in [3.63, 3.8) is 0 Å². The Hall–Kier alpha value is -2.79. The van der Waals surface area contributed by atoms with Crippen LogP contribution in [-0.4, -0.2) is 29.9 Å². The molecule has 0 aliphatic carbocycles. The summed E-state index contributed by atoms with van der Waals surface area (Å²) in [5.41, 5.74) is 1.54. The highest BCUT2D eigenvalue weighted by molar-refractivity contribution is 6.30. The minimum Gasteiger partial charge on any atom is -0.465 e. The number of benzene rings is 2. The van der Waals surface area contributed by atoms with E-state index in [4.69, 9.17) is 21.1 Å². The maximum absolute atomic E-state index is 12.6. The van der Waals surface area contributed by atoms with Crippen molar-refractivity contribution in [1.82, 2.24) is 4.90 Å². The zero-order chi connectivity index (χ0) is 18.8. The highest BCUT2D eigenvalue weighted by Gasteiger charge is 2.42. The Kier molecular flexibility index (Phi) is 5.00. The summed E-state index contributed by atoms with van der Waals surface area (Å²) in [6, 6.07) is 13.6. The molecule has 5 nitrogen and oxygen atoms in total. The molecule has 1 aliphatic heterocycles. The van der Waals surface area contributed by atoms with E-state index < -0.39 is 5.97 Å². The maximum Gasteiger partial charge on any atom is 0.338 e. The van der Waals surface area contributed by atoms with Gasteiger partial charge in [-0.05, 0) is 44.2 Å². The molecule has 1 amide bonds. The van der Waals surface area contributed by atoms with Gasteiger partial charge in [0.15, 0.2) is 0 Å². The molecule has 0 atom stereocenters. The van der Waals surface area contributed by atoms with Gasteiger partial charge in [0.1, 0.15) is 11.4 Å². The fourth-order valence-electron chi connectivity index (χ4n) is 2.80. The zero-order valence-corrected chi connectivity index (χ0v) is 15.4. The Morgan fingerprint density at radius 2 is 1.73 bits per heavy atom. The Bertz CT molecular complexity index is 887. The lowest BCUT2D eigenvalue weighted by Gasteiger charge is -2.39. The van der Waals surface area contributed by atoms with E-state index in [1.54, 1.807) is 53.4 Å². The molecule has 1 heterocycles. The average molecular weight is 372 g/mol. The first-order valence-corrected chi connectivity index (χ1v) is 8.50. The number of carbonyl (C=O) groups excluding carboxylic acids is 2. The third-order valence-corrected chi connectivity index (χ3v) is 4.26. The van der Waals surface area contributed by atoms with Crippen molar-refractivity contribution >= 4 is 29.2 Å². The van der Waals surface area contributed by atoms with Crippen LogP contribution in [0.2, 0.25) is 5.02 Å². The number of nitrogens with zero attached hydrogens (tertiary/aromatic N) is 1. The topological polar surface area (TPSA) is 55.8 Å². The minimum atomic E-state index is -0.470. The lowest BCUT2D eigenvalue weighted by molar-refractivity contribution is -0.130. The third-order valence-electron chi connectivity index (χ3n) is 4.01. The maximum atomic E-state index is 12.6. The molecule has 0 aromatic heterocycles. The number of ether oxygens (including phenoxy) is 2. The summed E-state index contributed by atoms with van der Waals surface area (Å²) in [6.45, 7) is 3.80. The number of esters is 1. The summed E-state index contributed by atoms with van der Waals surface area (Å²) >= 11 is 5.89. The number of methoxy groups -OCH3 is 1. The summed E-state index contributed by atoms with van der Waals surface area (Å²) in [5, 5.41) is 0.575. The molecular formula is C20H18ClNO4. The van der Waals surface area contributed by atoms with Crippen LogP contribution in [0.4, 0.5) is 0 Å². The molecule has 1 aliphatic rings. The molecule has 6 heteroatoms. The molecular weight excluding hydrogens is 354 g/mol. The highest BCUT2D eigenvalue weighted by atomic mass is 35.5. The van der Waals surface area contributed by atoms with Crippen LogP contribution in [-0.2, 0) is 9.53 Å². The van der Waals surface area contributed by atoms with Crippen LogP contribution >= 0.6 is 11.6 Å². The quantitative estimate of drug-likeness (QED) is 0.742. The molecule has 2 aromatic carbocycles. The zero-order valence-electron chi connectivity index (χ0n) is 14.7. The van der Waals surface area contributed by atoms with Crippen molar-refractivity contribution < 1.29 is 19.1 Å². The predicted molar refractivity (Wildman–Crippen MR) is 98.8 cm³/mol. The van der Waals surface area contributed by atoms with Crippen molar-refractivity contribution in [3.05, 3.63) is 70.4 Å². The standard InChI is InChI=1S/C20H18ClNO4/c1-12(2)22-17(15-6-4-5-7-16(15)20(24)25-3)18(19(22)23)26-14-10-8-13(21)9-11-14/h4-12H,1-3H3. The van der Waals surface area contributed by atoms with Crippen LogP contribution in [0.1, 0.15) is 29.8 Å². The molecule has 3 rings (SSSR count). The van der Waals surface area contributed by atoms with Crippen LogP contribution in [0.25, 0.3) is 5.70 Å². The van der Waals surface area contributed by atoms with Gasteiger partial charge in [-0.1, -0.05) is 29.8 Å². The van der Waals surface area contributed by atoms with Gasteiger partial charge in [0, 0.05) is 16.6 Å². The van der Waals surface area contributed by atoms with Crippen molar-refractivity contribution in [2.75, 3.05) is 7.11 Å². The predicted octanol–water partition coefficient (Wildman–Crippen LogP) is 4.12. The fourth-order valence-corrected chi connectivity index (χ4v) is 2.93. The third kappa shape index (κ3) is 3.18. The number of hydrogen-bond acceptors (Lipinski definition) is 4. The van der Waals surface area contributed by atoms with E-state index in [9.17, 15) is 9.59 Å². The molecule has 134 valence electrons. The molecule has 0 bridgehead atoms. The second-order valence-electron chi connectivity index (χ2n) is 6.04. The van der Waals surface area contributed by atoms with E-state index in [0.717, 1.165) is 0 Å². The number of hydrogen-bond donors (Lipinski definition) is 0. The first-order chi connectivity index (χ1) is 12.4. The fraction of sp³-hybridized carbons (Fsp3) is 0.200. The van der Waals surface area contributed by atoms with Crippen LogP contribution in [0.3, 0.4) is 0 Å². The first kappa shape index (κ1) is 18.0. The SMILES string of the molecule is COC(=O)c1ccccc1C1=C(Oc2ccc(Cl)cc2)C(=O)N1C(C)C. The molecule has 0 N–H and O–H groups in total. The second kappa shape index (κ2) is 7.22. The van der Waals surface area contributed by atoms with E-state index in [-0.39, 0.29) is 17.7 Å². The summed E-state index contributed by atoms with van der Waals surface area (Å²) in [4.78, 5) is 26.3. The van der Waals surface area contributed by atoms with Gasteiger partial charge in [-0.25, -0.2) is 4.79 Å². The van der Waals surface area contributed by atoms with Crippen LogP contribution in [0, 0.1) is 0 Å². The van der Waals surface area contributed by atoms with Gasteiger partial charge in [0.25, 0.3) is 5.91 Å². The lowest BCUT2D eigenvalue weighted by Crippen LogP contribution is -2.47. The molecule has 0 saturated heterocycles. The van der Waals surface area contributed by atoms with Gasteiger partial charge in [-0.15, -0.1) is 0 Å². The molecule has 0 unspecified atom stereocenters. The van der Waals surface area contributed by atoms with E-state index >= 15 is 0 Å². The van der Waals surface area contributed by atoms with E-state index in [1.807, 2.05) is 13.8 Å². The Balaban J connectivity index is 2.10. The van der Waals surface area contributed by atoms with Crippen LogP contribution in [0.15, 0.2) is 54.3 Å². The smallest absolute Gasteiger partial charge is 0.338 e. The largest absolute Gasteiger partial charge is 0.465 e. The van der Waals surface area contributed by atoms with Crippen molar-refractivity contribution in [3.8, 4) is 5.75 Å². The molecule has 2 aromatic rings. The molecule has 0 fully saturated rings. The molecule has 0 radical (unpaired) electrons. The number of halogens is 1. The summed E-state index contributed by atoms with van der Waals surface area (Å²) in [7, 11) is 1.32. The Labute approximate surface area is 156 Å². The van der Waals surface area contributed by atoms with Gasteiger partial charge < -0.3 is 9.47 Å². The Morgan fingerprint density at radius 3 is 2.35 bits per heavy atom. The second-order valence-corrected chi connectivity index (χ2v) is 6.48. The molecule has 0 saturated carbocycles. The number of rotatable bonds is 5. The van der Waals surface area contributed by atoms with Gasteiger partial charge in [-0.2, -0.15) is 0 Å². The summed E-state index contributed by atoms with van der Waals surface area (Å²) < 4.78 is 10.7. The first-order valence-electron chi connectivity index (χ1n) is 8.13. The van der Waals surface area contributed by atoms with Gasteiger partial charge in [0.05, 0.1) is 12.7 Å².